The number of amides is 2. The molecule has 1 aliphatic heterocycles. The highest BCUT2D eigenvalue weighted by atomic mass is 16.5. The third-order valence-corrected chi connectivity index (χ3v) is 6.82. The molecule has 2 aromatic carbocycles. The summed E-state index contributed by atoms with van der Waals surface area (Å²) in [4.78, 5) is 17.4. The molecule has 0 bridgehead atoms. The van der Waals surface area contributed by atoms with Crippen LogP contribution in [0.3, 0.4) is 0 Å². The third-order valence-electron chi connectivity index (χ3n) is 6.82. The number of hydrogen-bond acceptors (Lipinski definition) is 7. The first-order valence-electron chi connectivity index (χ1n) is 13.2. The molecule has 210 valence electrons. The molecule has 9 heteroatoms. The van der Waals surface area contributed by atoms with E-state index in [9.17, 15) is 15.0 Å². The summed E-state index contributed by atoms with van der Waals surface area (Å²) in [6, 6.07) is 17.9. The summed E-state index contributed by atoms with van der Waals surface area (Å²) < 4.78 is 21.5. The molecular weight excluding hydrogens is 488 g/mol. The fraction of sp³-hybridized carbons (Fsp3) is 0.552. The number of urea groups is 1. The lowest BCUT2D eigenvalue weighted by atomic mass is 9.91. The second-order valence-corrected chi connectivity index (χ2v) is 9.38. The van der Waals surface area contributed by atoms with Crippen molar-refractivity contribution in [1.82, 2.24) is 9.80 Å². The first-order valence-corrected chi connectivity index (χ1v) is 13.2. The van der Waals surface area contributed by atoms with Gasteiger partial charge < -0.3 is 39.0 Å². The van der Waals surface area contributed by atoms with Gasteiger partial charge >= 0.3 is 6.03 Å². The molecule has 9 nitrogen and oxygen atoms in total. The summed E-state index contributed by atoms with van der Waals surface area (Å²) in [6.45, 7) is 2.81. The van der Waals surface area contributed by atoms with Gasteiger partial charge in [-0.25, -0.2) is 4.79 Å². The Kier molecular flexibility index (Phi) is 13.0. The second-order valence-electron chi connectivity index (χ2n) is 9.38. The highest BCUT2D eigenvalue weighted by Gasteiger charge is 2.46. The van der Waals surface area contributed by atoms with Crippen LogP contribution in [-0.4, -0.2) is 117 Å². The van der Waals surface area contributed by atoms with E-state index >= 15 is 0 Å². The summed E-state index contributed by atoms with van der Waals surface area (Å²) in [6.07, 6.45) is -1.52. The molecule has 4 atom stereocenters. The fourth-order valence-electron chi connectivity index (χ4n) is 4.78. The van der Waals surface area contributed by atoms with Gasteiger partial charge in [-0.15, -0.1) is 0 Å². The SMILES string of the molecule is COCCOCCN1C(=O)N(CCOCCOC)[C@H](Cc2ccccc2)[C@H](O)[C@@H](O)[C@H]1Cc1ccccc1. The van der Waals surface area contributed by atoms with Gasteiger partial charge in [-0.05, 0) is 24.0 Å². The molecule has 38 heavy (non-hydrogen) atoms. The average molecular weight is 531 g/mol. The number of aliphatic hydroxyl groups is 2. The van der Waals surface area contributed by atoms with Crippen LogP contribution in [0.4, 0.5) is 4.79 Å². The van der Waals surface area contributed by atoms with Crippen LogP contribution in [0.25, 0.3) is 0 Å². The lowest BCUT2D eigenvalue weighted by Gasteiger charge is -2.35. The largest absolute Gasteiger partial charge is 0.388 e. The normalized spacial score (nSPS) is 22.1. The van der Waals surface area contributed by atoms with Gasteiger partial charge in [-0.3, -0.25) is 0 Å². The second kappa shape index (κ2) is 16.4. The van der Waals surface area contributed by atoms with E-state index in [-0.39, 0.29) is 32.3 Å². The van der Waals surface area contributed by atoms with Crippen LogP contribution in [0.1, 0.15) is 11.1 Å². The topological polar surface area (TPSA) is 101 Å². The molecule has 0 spiro atoms. The molecule has 2 N–H and O–H groups in total. The Labute approximate surface area is 225 Å². The quantitative estimate of drug-likeness (QED) is 0.320. The van der Waals surface area contributed by atoms with Gasteiger partial charge in [0.1, 0.15) is 12.2 Å². The first kappa shape index (κ1) is 30.0. The lowest BCUT2D eigenvalue weighted by molar-refractivity contribution is -0.0436. The Balaban J connectivity index is 1.90. The van der Waals surface area contributed by atoms with Crippen molar-refractivity contribution < 1.29 is 34.0 Å². The summed E-state index contributed by atoms with van der Waals surface area (Å²) >= 11 is 0. The van der Waals surface area contributed by atoms with Crippen molar-refractivity contribution in [2.75, 3.05) is 67.0 Å². The van der Waals surface area contributed by atoms with E-state index in [0.717, 1.165) is 11.1 Å². The lowest BCUT2D eigenvalue weighted by Crippen LogP contribution is -2.52. The molecule has 3 rings (SSSR count). The van der Waals surface area contributed by atoms with E-state index in [4.69, 9.17) is 18.9 Å². The number of hydrogen-bond donors (Lipinski definition) is 2. The zero-order valence-corrected chi connectivity index (χ0v) is 22.5. The minimum atomic E-state index is -1.16. The van der Waals surface area contributed by atoms with Crippen molar-refractivity contribution >= 4 is 6.03 Å². The Bertz CT molecular complexity index is 844. The van der Waals surface area contributed by atoms with Crippen molar-refractivity contribution in [3.05, 3.63) is 71.8 Å². The molecule has 1 fully saturated rings. The van der Waals surface area contributed by atoms with Gasteiger partial charge in [-0.1, -0.05) is 60.7 Å². The van der Waals surface area contributed by atoms with Crippen LogP contribution in [0, 0.1) is 0 Å². The van der Waals surface area contributed by atoms with Crippen LogP contribution < -0.4 is 0 Å². The average Bonchev–Trinajstić information content (AvgIpc) is 3.00. The number of carbonyl (C=O) groups is 1. The highest BCUT2D eigenvalue weighted by Crippen LogP contribution is 2.27. The van der Waals surface area contributed by atoms with Crippen LogP contribution in [-0.2, 0) is 31.8 Å². The Morgan fingerprint density at radius 1 is 0.632 bits per heavy atom. The first-order chi connectivity index (χ1) is 18.6. The van der Waals surface area contributed by atoms with Crippen molar-refractivity contribution in [2.45, 2.75) is 37.1 Å². The molecule has 1 heterocycles. The van der Waals surface area contributed by atoms with E-state index < -0.39 is 24.3 Å². The molecule has 2 amide bonds. The van der Waals surface area contributed by atoms with Crippen LogP contribution in [0.15, 0.2) is 60.7 Å². The molecule has 1 saturated heterocycles. The van der Waals surface area contributed by atoms with Crippen molar-refractivity contribution in [3.8, 4) is 0 Å². The number of carbonyl (C=O) groups excluding carboxylic acids is 1. The van der Waals surface area contributed by atoms with Crippen LogP contribution >= 0.6 is 0 Å². The zero-order chi connectivity index (χ0) is 27.2. The minimum Gasteiger partial charge on any atom is -0.388 e. The number of ether oxygens (including phenoxy) is 4. The number of benzene rings is 2. The number of methoxy groups -OCH3 is 2. The molecule has 1 aliphatic rings. The Morgan fingerprint density at radius 2 is 1.03 bits per heavy atom. The maximum Gasteiger partial charge on any atom is 0.320 e. The third kappa shape index (κ3) is 8.76. The number of rotatable bonds is 16. The summed E-state index contributed by atoms with van der Waals surface area (Å²) in [5, 5.41) is 23.1. The predicted molar refractivity (Wildman–Crippen MR) is 144 cm³/mol. The molecular formula is C29H42N2O7. The fourth-order valence-corrected chi connectivity index (χ4v) is 4.78. The van der Waals surface area contributed by atoms with Crippen molar-refractivity contribution in [1.29, 1.82) is 0 Å². The van der Waals surface area contributed by atoms with Gasteiger partial charge in [0, 0.05) is 27.3 Å². The molecule has 0 saturated carbocycles. The van der Waals surface area contributed by atoms with Gasteiger partial charge in [-0.2, -0.15) is 0 Å². The van der Waals surface area contributed by atoms with Crippen molar-refractivity contribution in [2.24, 2.45) is 0 Å². The molecule has 0 radical (unpaired) electrons. The van der Waals surface area contributed by atoms with Crippen LogP contribution in [0.5, 0.6) is 0 Å². The molecule has 0 unspecified atom stereocenters. The van der Waals surface area contributed by atoms with Crippen molar-refractivity contribution in [3.63, 3.8) is 0 Å². The predicted octanol–water partition coefficient (Wildman–Crippen LogP) is 1.99. The Morgan fingerprint density at radius 3 is 1.39 bits per heavy atom. The van der Waals surface area contributed by atoms with Gasteiger partial charge in [0.25, 0.3) is 0 Å². The summed E-state index contributed by atoms with van der Waals surface area (Å²) in [7, 11) is 3.21. The van der Waals surface area contributed by atoms with Gasteiger partial charge in [0.15, 0.2) is 0 Å². The Hall–Kier alpha value is -2.53. The monoisotopic (exact) mass is 530 g/mol. The van der Waals surface area contributed by atoms with E-state index in [0.29, 0.717) is 39.3 Å². The van der Waals surface area contributed by atoms with E-state index in [1.807, 2.05) is 60.7 Å². The summed E-state index contributed by atoms with van der Waals surface area (Å²) in [5.74, 6) is 0. The highest BCUT2D eigenvalue weighted by molar-refractivity contribution is 5.76. The van der Waals surface area contributed by atoms with E-state index in [1.165, 1.54) is 0 Å². The zero-order valence-electron chi connectivity index (χ0n) is 22.5. The van der Waals surface area contributed by atoms with Crippen LogP contribution in [0.2, 0.25) is 0 Å². The smallest absolute Gasteiger partial charge is 0.320 e. The molecule has 2 aromatic rings. The van der Waals surface area contributed by atoms with Gasteiger partial charge in [0.2, 0.25) is 0 Å². The van der Waals surface area contributed by atoms with E-state index in [1.54, 1.807) is 24.0 Å². The number of nitrogens with zero attached hydrogens (tertiary/aromatic N) is 2. The van der Waals surface area contributed by atoms with Gasteiger partial charge in [0.05, 0.1) is 51.7 Å². The number of aliphatic hydroxyl groups excluding tert-OH is 2. The maximum atomic E-state index is 14.1. The maximum absolute atomic E-state index is 14.1. The minimum absolute atomic E-state index is 0.256. The molecule has 0 aliphatic carbocycles. The molecule has 0 aromatic heterocycles. The summed E-state index contributed by atoms with van der Waals surface area (Å²) in [5.41, 5.74) is 1.94. The van der Waals surface area contributed by atoms with E-state index in [2.05, 4.69) is 0 Å². The standard InChI is InChI=1S/C29H42N2O7/c1-35-17-19-37-15-13-30-25(21-23-9-5-3-6-10-23)27(32)28(33)26(22-24-11-7-4-8-12-24)31(29(30)34)14-16-38-20-18-36-2/h3-12,25-28,32-33H,13-22H2,1-2H3/t25-,26-,27+,28+/m1/s1.